The summed E-state index contributed by atoms with van der Waals surface area (Å²) in [6.07, 6.45) is 3.35. The van der Waals surface area contributed by atoms with E-state index >= 15 is 0 Å². The lowest BCUT2D eigenvalue weighted by Gasteiger charge is -2.05. The summed E-state index contributed by atoms with van der Waals surface area (Å²) >= 11 is 2.31. The molecule has 0 amide bonds. The fourth-order valence-electron chi connectivity index (χ4n) is 1.93. The summed E-state index contributed by atoms with van der Waals surface area (Å²) < 4.78 is 3.79. The molecule has 6 heteroatoms. The molecule has 0 aliphatic rings. The molecule has 20 heavy (non-hydrogen) atoms. The largest absolute Gasteiger partial charge is 0.493 e. The van der Waals surface area contributed by atoms with Crippen molar-refractivity contribution in [3.63, 3.8) is 0 Å². The molecule has 0 fully saturated rings. The molecular weight excluding hydrogens is 369 g/mol. The van der Waals surface area contributed by atoms with Crippen molar-refractivity contribution in [3.8, 4) is 5.88 Å². The first kappa shape index (κ1) is 15.0. The smallest absolute Gasteiger partial charge is 0.349 e. The number of aromatic hydroxyl groups is 1. The van der Waals surface area contributed by atoms with Crippen molar-refractivity contribution in [3.05, 3.63) is 52.6 Å². The fraction of sp³-hybridized carbons (Fsp3) is 0.357. The molecule has 0 saturated carbocycles. The highest BCUT2D eigenvalue weighted by Gasteiger charge is 2.09. The number of unbranched alkanes of at least 4 members (excludes halogenated alkanes) is 1. The van der Waals surface area contributed by atoms with Gasteiger partial charge in [0.1, 0.15) is 0 Å². The molecule has 0 radical (unpaired) electrons. The van der Waals surface area contributed by atoms with E-state index in [0.717, 1.165) is 22.8 Å². The number of halogens is 1. The highest BCUT2D eigenvalue weighted by molar-refractivity contribution is 14.1. The van der Waals surface area contributed by atoms with E-state index in [1.54, 1.807) is 0 Å². The summed E-state index contributed by atoms with van der Waals surface area (Å²) in [5.74, 6) is 0.00372. The summed E-state index contributed by atoms with van der Waals surface area (Å²) in [6, 6.07) is 9.81. The molecule has 0 spiro atoms. The summed E-state index contributed by atoms with van der Waals surface area (Å²) in [7, 11) is 0. The molecule has 2 aromatic rings. The van der Waals surface area contributed by atoms with Crippen molar-refractivity contribution in [2.45, 2.75) is 25.9 Å². The minimum absolute atomic E-state index is 0.00372. The van der Waals surface area contributed by atoms with Crippen LogP contribution in [0.25, 0.3) is 0 Å². The van der Waals surface area contributed by atoms with Crippen LogP contribution in [0.3, 0.4) is 0 Å². The Balaban J connectivity index is 2.02. The second-order valence-electron chi connectivity index (χ2n) is 4.51. The summed E-state index contributed by atoms with van der Waals surface area (Å²) in [5.41, 5.74) is 3.85. The average molecular weight is 387 g/mol. The first-order chi connectivity index (χ1) is 9.72. The number of alkyl halides is 1. The van der Waals surface area contributed by atoms with Crippen LogP contribution in [0.4, 0.5) is 0 Å². The van der Waals surface area contributed by atoms with Gasteiger partial charge in [0.25, 0.3) is 0 Å². The van der Waals surface area contributed by atoms with Gasteiger partial charge >= 0.3 is 5.69 Å². The Morgan fingerprint density at radius 1 is 1.20 bits per heavy atom. The van der Waals surface area contributed by atoms with E-state index in [2.05, 4.69) is 28.0 Å². The molecule has 108 valence electrons. The minimum atomic E-state index is -0.230. The summed E-state index contributed by atoms with van der Waals surface area (Å²) in [6.45, 7) is 1.09. The number of rotatable bonds is 7. The maximum Gasteiger partial charge on any atom is 0.349 e. The van der Waals surface area contributed by atoms with E-state index in [0.29, 0.717) is 13.1 Å². The van der Waals surface area contributed by atoms with Crippen molar-refractivity contribution < 1.29 is 5.11 Å². The second-order valence-corrected chi connectivity index (χ2v) is 5.59. The number of hydrogen-bond acceptors (Lipinski definition) is 3. The third-order valence-electron chi connectivity index (χ3n) is 3.02. The lowest BCUT2D eigenvalue weighted by molar-refractivity contribution is 0.409. The summed E-state index contributed by atoms with van der Waals surface area (Å²) in [4.78, 5) is 12.1. The van der Waals surface area contributed by atoms with Crippen LogP contribution in [0.5, 0.6) is 5.88 Å². The molecule has 0 aliphatic heterocycles. The number of aromatic nitrogens is 2. The minimum Gasteiger partial charge on any atom is -0.493 e. The van der Waals surface area contributed by atoms with E-state index in [9.17, 15) is 9.90 Å². The van der Waals surface area contributed by atoms with Gasteiger partial charge in [-0.25, -0.2) is 9.47 Å². The van der Waals surface area contributed by atoms with Crippen LogP contribution in [-0.4, -0.2) is 18.8 Å². The van der Waals surface area contributed by atoms with Crippen LogP contribution in [0.2, 0.25) is 0 Å². The van der Waals surface area contributed by atoms with Crippen molar-refractivity contribution in [1.29, 1.82) is 0 Å². The van der Waals surface area contributed by atoms with Crippen LogP contribution < -0.4 is 11.1 Å². The Morgan fingerprint density at radius 2 is 1.95 bits per heavy atom. The van der Waals surface area contributed by atoms with E-state index < -0.39 is 0 Å². The molecule has 1 aromatic heterocycles. The van der Waals surface area contributed by atoms with Gasteiger partial charge in [0.2, 0.25) is 5.88 Å². The van der Waals surface area contributed by atoms with Crippen molar-refractivity contribution >= 4 is 22.6 Å². The van der Waals surface area contributed by atoms with Gasteiger partial charge in [-0.15, -0.1) is 0 Å². The van der Waals surface area contributed by atoms with Gasteiger partial charge in [0.05, 0.1) is 12.7 Å². The van der Waals surface area contributed by atoms with Crippen LogP contribution in [0, 0.1) is 0 Å². The standard InChI is InChI=1S/C14H18IN3O2/c15-8-4-5-9-17-13(19)11-18(14(17)20)16-10-12-6-2-1-3-7-12/h1-3,6-7,11,16,19H,4-5,8-10H2. The Hall–Kier alpha value is -1.44. The van der Waals surface area contributed by atoms with E-state index in [1.165, 1.54) is 15.4 Å². The third kappa shape index (κ3) is 3.78. The van der Waals surface area contributed by atoms with Gasteiger partial charge in [0, 0.05) is 6.54 Å². The average Bonchev–Trinajstić information content (AvgIpc) is 2.74. The predicted molar refractivity (Wildman–Crippen MR) is 88.0 cm³/mol. The molecule has 0 unspecified atom stereocenters. The zero-order valence-electron chi connectivity index (χ0n) is 11.1. The zero-order chi connectivity index (χ0) is 14.4. The van der Waals surface area contributed by atoms with Crippen LogP contribution in [0.15, 0.2) is 41.3 Å². The van der Waals surface area contributed by atoms with Gasteiger partial charge in [0.15, 0.2) is 0 Å². The number of nitrogens with zero attached hydrogens (tertiary/aromatic N) is 2. The van der Waals surface area contributed by atoms with Crippen molar-refractivity contribution in [2.24, 2.45) is 0 Å². The first-order valence-electron chi connectivity index (χ1n) is 6.57. The molecule has 0 bridgehead atoms. The van der Waals surface area contributed by atoms with Crippen molar-refractivity contribution in [1.82, 2.24) is 9.24 Å². The Morgan fingerprint density at radius 3 is 2.65 bits per heavy atom. The molecule has 2 rings (SSSR count). The molecule has 1 aromatic carbocycles. The van der Waals surface area contributed by atoms with Gasteiger partial charge in [-0.2, -0.15) is 0 Å². The van der Waals surface area contributed by atoms with Gasteiger partial charge in [-0.1, -0.05) is 52.9 Å². The molecule has 0 atom stereocenters. The second kappa shape index (κ2) is 7.37. The van der Waals surface area contributed by atoms with E-state index in [1.807, 2.05) is 30.3 Å². The molecular formula is C14H18IN3O2. The van der Waals surface area contributed by atoms with Crippen LogP contribution >= 0.6 is 22.6 Å². The maximum atomic E-state index is 12.1. The highest BCUT2D eigenvalue weighted by Crippen LogP contribution is 2.07. The van der Waals surface area contributed by atoms with Gasteiger partial charge in [-0.3, -0.25) is 4.57 Å². The number of hydrogen-bond donors (Lipinski definition) is 2. The maximum absolute atomic E-state index is 12.1. The number of nitrogens with one attached hydrogen (secondary N) is 1. The lowest BCUT2D eigenvalue weighted by atomic mass is 10.2. The Labute approximate surface area is 131 Å². The SMILES string of the molecule is O=c1n(NCc2ccccc2)cc(O)n1CCCCI. The Kier molecular flexibility index (Phi) is 5.51. The molecule has 2 N–H and O–H groups in total. The highest BCUT2D eigenvalue weighted by atomic mass is 127. The number of benzene rings is 1. The lowest BCUT2D eigenvalue weighted by Crippen LogP contribution is -2.30. The van der Waals surface area contributed by atoms with Gasteiger partial charge in [-0.05, 0) is 22.8 Å². The normalized spacial score (nSPS) is 10.7. The van der Waals surface area contributed by atoms with E-state index in [-0.39, 0.29) is 11.6 Å². The fourth-order valence-corrected chi connectivity index (χ4v) is 2.47. The van der Waals surface area contributed by atoms with E-state index in [4.69, 9.17) is 0 Å². The van der Waals surface area contributed by atoms with Crippen molar-refractivity contribution in [2.75, 3.05) is 9.85 Å². The Bertz CT molecular complexity index is 592. The molecule has 5 nitrogen and oxygen atoms in total. The predicted octanol–water partition coefficient (Wildman–Crippen LogP) is 2.31. The summed E-state index contributed by atoms with van der Waals surface area (Å²) in [5, 5.41) is 9.81. The molecule has 0 saturated heterocycles. The monoisotopic (exact) mass is 387 g/mol. The first-order valence-corrected chi connectivity index (χ1v) is 8.10. The molecule has 0 aliphatic carbocycles. The van der Waals surface area contributed by atoms with Crippen LogP contribution in [0.1, 0.15) is 18.4 Å². The van der Waals surface area contributed by atoms with Crippen LogP contribution in [-0.2, 0) is 13.1 Å². The topological polar surface area (TPSA) is 59.2 Å². The van der Waals surface area contributed by atoms with Gasteiger partial charge < -0.3 is 10.5 Å². The third-order valence-corrected chi connectivity index (χ3v) is 3.78. The number of imidazole rings is 1. The molecule has 1 heterocycles. The quantitative estimate of drug-likeness (QED) is 0.436. The zero-order valence-corrected chi connectivity index (χ0v) is 13.3.